The Balaban J connectivity index is 1.95. The second-order valence-electron chi connectivity index (χ2n) is 5.06. The van der Waals surface area contributed by atoms with Gasteiger partial charge in [0.25, 0.3) is 0 Å². The van der Waals surface area contributed by atoms with Crippen LogP contribution >= 0.6 is 0 Å². The Morgan fingerprint density at radius 3 is 2.64 bits per heavy atom. The van der Waals surface area contributed by atoms with Crippen LogP contribution in [0.1, 0.15) is 0 Å². The van der Waals surface area contributed by atoms with Gasteiger partial charge in [-0.3, -0.25) is 4.79 Å². The Labute approximate surface area is 125 Å². The van der Waals surface area contributed by atoms with Crippen LogP contribution in [-0.2, 0) is 0 Å². The molecule has 5 heteroatoms. The molecule has 0 saturated carbocycles. The number of aromatic amines is 1. The van der Waals surface area contributed by atoms with Gasteiger partial charge >= 0.3 is 0 Å². The van der Waals surface area contributed by atoms with Gasteiger partial charge in [-0.1, -0.05) is 12.1 Å². The molecule has 0 atom stereocenters. The highest BCUT2D eigenvalue weighted by Gasteiger charge is 2.14. The van der Waals surface area contributed by atoms with Gasteiger partial charge in [-0.15, -0.1) is 0 Å². The molecule has 0 fully saturated rings. The van der Waals surface area contributed by atoms with Crippen molar-refractivity contribution in [2.75, 3.05) is 13.2 Å². The van der Waals surface area contributed by atoms with Crippen molar-refractivity contribution in [3.05, 3.63) is 58.6 Å². The van der Waals surface area contributed by atoms with E-state index in [0.717, 1.165) is 11.1 Å². The molecular weight excluding hydrogens is 285 g/mol. The van der Waals surface area contributed by atoms with Crippen molar-refractivity contribution in [3.63, 3.8) is 0 Å². The quantitative estimate of drug-likeness (QED) is 0.751. The molecule has 110 valence electrons. The first-order valence-electron chi connectivity index (χ1n) is 6.94. The van der Waals surface area contributed by atoms with Crippen molar-refractivity contribution in [1.82, 2.24) is 4.98 Å². The van der Waals surface area contributed by atoms with Gasteiger partial charge in [0, 0.05) is 11.5 Å². The number of aromatic nitrogens is 1. The summed E-state index contributed by atoms with van der Waals surface area (Å²) < 4.78 is 25.0. The van der Waals surface area contributed by atoms with Gasteiger partial charge < -0.3 is 14.5 Å². The van der Waals surface area contributed by atoms with Crippen LogP contribution < -0.4 is 15.0 Å². The molecule has 4 rings (SSSR count). The Kier molecular flexibility index (Phi) is 2.85. The molecule has 1 aromatic heterocycles. The fourth-order valence-electron chi connectivity index (χ4n) is 2.68. The lowest BCUT2D eigenvalue weighted by Crippen LogP contribution is -2.15. The molecule has 22 heavy (non-hydrogen) atoms. The lowest BCUT2D eigenvalue weighted by atomic mass is 10.00. The zero-order chi connectivity index (χ0) is 15.1. The molecular formula is C17H12FNO3. The molecule has 0 bridgehead atoms. The van der Waals surface area contributed by atoms with E-state index in [1.807, 2.05) is 18.2 Å². The molecule has 4 nitrogen and oxygen atoms in total. The lowest BCUT2D eigenvalue weighted by Gasteiger charge is -2.19. The minimum atomic E-state index is -0.450. The van der Waals surface area contributed by atoms with E-state index in [9.17, 15) is 9.18 Å². The highest BCUT2D eigenvalue weighted by Crippen LogP contribution is 2.36. The zero-order valence-electron chi connectivity index (χ0n) is 11.6. The van der Waals surface area contributed by atoms with E-state index >= 15 is 0 Å². The summed E-state index contributed by atoms with van der Waals surface area (Å²) in [7, 11) is 0. The number of fused-ring (bicyclic) bond motifs is 2. The van der Waals surface area contributed by atoms with Crippen molar-refractivity contribution in [3.8, 4) is 22.6 Å². The molecule has 2 aromatic carbocycles. The highest BCUT2D eigenvalue weighted by atomic mass is 19.1. The number of halogens is 1. The normalized spacial score (nSPS) is 13.3. The van der Waals surface area contributed by atoms with Gasteiger partial charge in [0.1, 0.15) is 19.0 Å². The molecule has 0 radical (unpaired) electrons. The standard InChI is InChI=1S/C17H12FNO3/c18-13-4-2-11(12-3-6-16(20)19-17(12)13)10-1-5-14-15(9-10)22-8-7-21-14/h1-6,9H,7-8H2,(H,19,20). The van der Waals surface area contributed by atoms with Crippen molar-refractivity contribution >= 4 is 10.9 Å². The molecule has 0 amide bonds. The van der Waals surface area contributed by atoms with Gasteiger partial charge in [0.2, 0.25) is 5.56 Å². The maximum Gasteiger partial charge on any atom is 0.248 e. The van der Waals surface area contributed by atoms with E-state index in [1.54, 1.807) is 12.1 Å². The highest BCUT2D eigenvalue weighted by molar-refractivity contribution is 5.95. The molecule has 0 aliphatic carbocycles. The van der Waals surface area contributed by atoms with E-state index in [2.05, 4.69) is 4.98 Å². The maximum atomic E-state index is 13.9. The van der Waals surface area contributed by atoms with E-state index in [-0.39, 0.29) is 11.1 Å². The molecule has 0 unspecified atom stereocenters. The number of pyridine rings is 1. The molecule has 0 saturated heterocycles. The second-order valence-corrected chi connectivity index (χ2v) is 5.06. The SMILES string of the molecule is O=c1ccc2c(-c3ccc4c(c3)OCCO4)ccc(F)c2[nH]1. The molecule has 2 heterocycles. The van der Waals surface area contributed by atoms with Gasteiger partial charge in [-0.2, -0.15) is 0 Å². The van der Waals surface area contributed by atoms with E-state index in [0.29, 0.717) is 30.1 Å². The Hall–Kier alpha value is -2.82. The predicted octanol–water partition coefficient (Wildman–Crippen LogP) is 3.11. The molecule has 1 N–H and O–H groups in total. The number of hydrogen-bond acceptors (Lipinski definition) is 3. The Morgan fingerprint density at radius 2 is 1.77 bits per heavy atom. The Morgan fingerprint density at radius 1 is 0.955 bits per heavy atom. The third-order valence-corrected chi connectivity index (χ3v) is 3.70. The Bertz CT molecular complexity index is 933. The number of hydrogen-bond donors (Lipinski definition) is 1. The number of nitrogens with one attached hydrogen (secondary N) is 1. The zero-order valence-corrected chi connectivity index (χ0v) is 11.6. The second kappa shape index (κ2) is 4.87. The topological polar surface area (TPSA) is 51.3 Å². The number of ether oxygens (including phenoxy) is 2. The summed E-state index contributed by atoms with van der Waals surface area (Å²) in [6.45, 7) is 1.04. The fraction of sp³-hybridized carbons (Fsp3) is 0.118. The minimum absolute atomic E-state index is 0.208. The molecule has 3 aromatic rings. The predicted molar refractivity (Wildman–Crippen MR) is 81.0 cm³/mol. The average Bonchev–Trinajstić information content (AvgIpc) is 2.55. The van der Waals surface area contributed by atoms with Gasteiger partial charge in [-0.25, -0.2) is 4.39 Å². The first kappa shape index (κ1) is 12.9. The van der Waals surface area contributed by atoms with E-state index < -0.39 is 5.82 Å². The van der Waals surface area contributed by atoms with Crippen LogP contribution in [0.25, 0.3) is 22.0 Å². The van der Waals surface area contributed by atoms with Gasteiger partial charge in [0.05, 0.1) is 5.52 Å². The van der Waals surface area contributed by atoms with Crippen LogP contribution in [0.15, 0.2) is 47.3 Å². The number of rotatable bonds is 1. The van der Waals surface area contributed by atoms with E-state index in [1.165, 1.54) is 12.1 Å². The minimum Gasteiger partial charge on any atom is -0.486 e. The summed E-state index contributed by atoms with van der Waals surface area (Å²) in [4.78, 5) is 14.0. The molecule has 1 aliphatic rings. The van der Waals surface area contributed by atoms with Crippen LogP contribution in [-0.4, -0.2) is 18.2 Å². The van der Waals surface area contributed by atoms with Crippen molar-refractivity contribution in [2.24, 2.45) is 0 Å². The lowest BCUT2D eigenvalue weighted by molar-refractivity contribution is 0.171. The van der Waals surface area contributed by atoms with Crippen molar-refractivity contribution in [2.45, 2.75) is 0 Å². The number of benzene rings is 2. The van der Waals surface area contributed by atoms with Crippen molar-refractivity contribution < 1.29 is 13.9 Å². The number of H-pyrrole nitrogens is 1. The summed E-state index contributed by atoms with van der Waals surface area (Å²) >= 11 is 0. The largest absolute Gasteiger partial charge is 0.486 e. The van der Waals surface area contributed by atoms with Crippen LogP contribution in [0, 0.1) is 5.82 Å². The maximum absolute atomic E-state index is 13.9. The summed E-state index contributed by atoms with van der Waals surface area (Å²) in [6, 6.07) is 11.7. The molecule has 1 aliphatic heterocycles. The smallest absolute Gasteiger partial charge is 0.248 e. The molecule has 0 spiro atoms. The summed E-state index contributed by atoms with van der Waals surface area (Å²) in [5, 5.41) is 0.649. The van der Waals surface area contributed by atoms with E-state index in [4.69, 9.17) is 9.47 Å². The van der Waals surface area contributed by atoms with Crippen LogP contribution in [0.3, 0.4) is 0 Å². The average molecular weight is 297 g/mol. The first-order valence-corrected chi connectivity index (χ1v) is 6.94. The van der Waals surface area contributed by atoms with Crippen molar-refractivity contribution in [1.29, 1.82) is 0 Å². The third kappa shape index (κ3) is 2.02. The third-order valence-electron chi connectivity index (χ3n) is 3.70. The summed E-state index contributed by atoms with van der Waals surface area (Å²) in [5.41, 5.74) is 1.58. The van der Waals surface area contributed by atoms with Crippen LogP contribution in [0.5, 0.6) is 11.5 Å². The van der Waals surface area contributed by atoms with Gasteiger partial charge in [-0.05, 0) is 35.4 Å². The fourth-order valence-corrected chi connectivity index (χ4v) is 2.68. The van der Waals surface area contributed by atoms with Crippen LogP contribution in [0.2, 0.25) is 0 Å². The summed E-state index contributed by atoms with van der Waals surface area (Å²) in [5.74, 6) is 0.925. The monoisotopic (exact) mass is 297 g/mol. The van der Waals surface area contributed by atoms with Crippen LogP contribution in [0.4, 0.5) is 4.39 Å². The first-order chi connectivity index (χ1) is 10.7. The summed E-state index contributed by atoms with van der Waals surface area (Å²) in [6.07, 6.45) is 0. The van der Waals surface area contributed by atoms with Gasteiger partial charge in [0.15, 0.2) is 11.5 Å².